The van der Waals surface area contributed by atoms with Crippen LogP contribution in [0.3, 0.4) is 0 Å². The summed E-state index contributed by atoms with van der Waals surface area (Å²) in [5.41, 5.74) is 13.8. The fourth-order valence-electron chi connectivity index (χ4n) is 4.94. The topological polar surface area (TPSA) is 196 Å². The van der Waals surface area contributed by atoms with Crippen molar-refractivity contribution in [1.29, 1.82) is 5.41 Å². The molecule has 4 heterocycles. The summed E-state index contributed by atoms with van der Waals surface area (Å²) in [4.78, 5) is 51.0. The lowest BCUT2D eigenvalue weighted by Crippen LogP contribution is -2.53. The number of anilines is 1. The number of thiazole rings is 1. The Morgan fingerprint density at radius 1 is 1.20 bits per heavy atom. The van der Waals surface area contributed by atoms with Crippen molar-refractivity contribution < 1.29 is 14.7 Å². The molecule has 1 aliphatic rings. The quantitative estimate of drug-likeness (QED) is 0.0905. The van der Waals surface area contributed by atoms with Gasteiger partial charge in [-0.05, 0) is 43.0 Å². The number of amides is 1. The number of hydrogen-bond donors (Lipinski definition) is 5. The van der Waals surface area contributed by atoms with E-state index in [0.29, 0.717) is 57.0 Å². The molecule has 13 nitrogen and oxygen atoms in total. The van der Waals surface area contributed by atoms with E-state index in [0.717, 1.165) is 35.2 Å². The van der Waals surface area contributed by atoms with Gasteiger partial charge in [0.05, 0.1) is 22.3 Å². The summed E-state index contributed by atoms with van der Waals surface area (Å²) in [5.74, 6) is -1.08. The summed E-state index contributed by atoms with van der Waals surface area (Å²) in [5, 5.41) is 22.3. The number of nitrogens with two attached hydrogens (primary N) is 2. The molecular formula is C30H41N9O4S. The summed E-state index contributed by atoms with van der Waals surface area (Å²) in [6.07, 6.45) is 6.43. The number of fused-ring (bicyclic) bond motifs is 1. The fourth-order valence-corrected chi connectivity index (χ4v) is 5.97. The first-order chi connectivity index (χ1) is 20.8. The van der Waals surface area contributed by atoms with Gasteiger partial charge in [0.15, 0.2) is 5.96 Å². The molecule has 3 aromatic heterocycles. The van der Waals surface area contributed by atoms with Crippen LogP contribution >= 0.6 is 11.3 Å². The van der Waals surface area contributed by atoms with Crippen LogP contribution in [-0.2, 0) is 27.8 Å². The van der Waals surface area contributed by atoms with Crippen LogP contribution in [0.2, 0.25) is 0 Å². The van der Waals surface area contributed by atoms with Gasteiger partial charge in [-0.3, -0.25) is 19.4 Å². The van der Waals surface area contributed by atoms with Crippen molar-refractivity contribution in [2.45, 2.75) is 57.9 Å². The third kappa shape index (κ3) is 8.20. The lowest BCUT2D eigenvalue weighted by molar-refractivity contribution is -0.133. The Kier molecular flexibility index (Phi) is 10.4. The zero-order valence-electron chi connectivity index (χ0n) is 25.4. The maximum absolute atomic E-state index is 13.6. The van der Waals surface area contributed by atoms with Crippen LogP contribution < -0.4 is 27.2 Å². The largest absolute Gasteiger partial charge is 0.478 e. The van der Waals surface area contributed by atoms with Gasteiger partial charge in [-0.15, -0.1) is 11.3 Å². The molecule has 44 heavy (non-hydrogen) atoms. The Morgan fingerprint density at radius 3 is 2.57 bits per heavy atom. The van der Waals surface area contributed by atoms with E-state index in [1.165, 1.54) is 10.5 Å². The highest BCUT2D eigenvalue weighted by molar-refractivity contribution is 7.09. The van der Waals surface area contributed by atoms with E-state index in [2.05, 4.69) is 31.5 Å². The number of nitrogens with zero attached hydrogens (tertiary/aromatic N) is 5. The molecule has 0 unspecified atom stereocenters. The Bertz CT molecular complexity index is 1600. The summed E-state index contributed by atoms with van der Waals surface area (Å²) in [7, 11) is 0. The Hall–Kier alpha value is -4.30. The normalized spacial score (nSPS) is 14.7. The van der Waals surface area contributed by atoms with Crippen molar-refractivity contribution >= 4 is 46.7 Å². The summed E-state index contributed by atoms with van der Waals surface area (Å²) >= 11 is 1.65. The van der Waals surface area contributed by atoms with Gasteiger partial charge >= 0.3 is 5.97 Å². The molecule has 0 spiro atoms. The molecule has 14 heteroatoms. The van der Waals surface area contributed by atoms with Crippen molar-refractivity contribution in [2.24, 2.45) is 11.5 Å². The van der Waals surface area contributed by atoms with E-state index in [-0.39, 0.29) is 28.4 Å². The van der Waals surface area contributed by atoms with Gasteiger partial charge in [-0.1, -0.05) is 20.8 Å². The highest BCUT2D eigenvalue weighted by Gasteiger charge is 2.27. The smallest absolute Gasteiger partial charge is 0.328 e. The number of aromatic nitrogens is 3. The lowest BCUT2D eigenvalue weighted by Gasteiger charge is -2.37. The molecule has 7 N–H and O–H groups in total. The highest BCUT2D eigenvalue weighted by atomic mass is 32.1. The molecule has 1 fully saturated rings. The molecule has 0 bridgehead atoms. The number of pyridine rings is 1. The predicted octanol–water partition coefficient (Wildman–Crippen LogP) is 1.57. The molecule has 0 aliphatic carbocycles. The van der Waals surface area contributed by atoms with Gasteiger partial charge in [-0.25, -0.2) is 14.8 Å². The van der Waals surface area contributed by atoms with Crippen LogP contribution in [-0.4, -0.2) is 81.0 Å². The molecule has 1 aliphatic heterocycles. The van der Waals surface area contributed by atoms with E-state index >= 15 is 0 Å². The summed E-state index contributed by atoms with van der Waals surface area (Å²) in [6.45, 7) is 8.45. The minimum atomic E-state index is -1.17. The van der Waals surface area contributed by atoms with Crippen molar-refractivity contribution in [3.63, 3.8) is 0 Å². The van der Waals surface area contributed by atoms with Crippen molar-refractivity contribution in [1.82, 2.24) is 24.6 Å². The molecular weight excluding hydrogens is 582 g/mol. The van der Waals surface area contributed by atoms with Gasteiger partial charge < -0.3 is 31.7 Å². The first kappa shape index (κ1) is 32.6. The first-order valence-electron chi connectivity index (χ1n) is 14.6. The number of carbonyl (C=O) groups excluding carboxylic acids is 1. The van der Waals surface area contributed by atoms with E-state index in [1.807, 2.05) is 17.0 Å². The Balaban J connectivity index is 1.51. The number of piperazine rings is 1. The van der Waals surface area contributed by atoms with Crippen molar-refractivity contribution in [3.05, 3.63) is 62.0 Å². The molecule has 236 valence electrons. The SMILES string of the molecule is CC(C)(C)c1csc(CCc2ccn3c(=O)c(/C=C/C(=O)O)c(N4CCN(C(=O)[C@@H](N)CCCNC(=N)N)CC4)nc3c2)n1. The molecule has 3 aromatic rings. The van der Waals surface area contributed by atoms with E-state index < -0.39 is 12.0 Å². The minimum absolute atomic E-state index is 0.00850. The molecule has 1 atom stereocenters. The van der Waals surface area contributed by atoms with Crippen molar-refractivity contribution in [3.8, 4) is 0 Å². The van der Waals surface area contributed by atoms with E-state index in [9.17, 15) is 19.5 Å². The maximum atomic E-state index is 13.6. The van der Waals surface area contributed by atoms with E-state index in [1.54, 1.807) is 22.4 Å². The third-order valence-corrected chi connectivity index (χ3v) is 8.37. The third-order valence-electron chi connectivity index (χ3n) is 7.47. The molecule has 1 saturated heterocycles. The second kappa shape index (κ2) is 14.0. The fraction of sp³-hybridized carbons (Fsp3) is 0.467. The zero-order chi connectivity index (χ0) is 32.0. The number of guanidine groups is 1. The number of aliphatic carboxylic acids is 1. The number of hydrogen-bond acceptors (Lipinski definition) is 9. The maximum Gasteiger partial charge on any atom is 0.328 e. The first-order valence-corrected chi connectivity index (χ1v) is 15.5. The van der Waals surface area contributed by atoms with Crippen LogP contribution in [0.25, 0.3) is 11.7 Å². The number of carbonyl (C=O) groups is 2. The Labute approximate surface area is 260 Å². The molecule has 0 aromatic carbocycles. The highest BCUT2D eigenvalue weighted by Crippen LogP contribution is 2.25. The number of rotatable bonds is 11. The average Bonchev–Trinajstić information content (AvgIpc) is 3.47. The molecule has 4 rings (SSSR count). The minimum Gasteiger partial charge on any atom is -0.478 e. The summed E-state index contributed by atoms with van der Waals surface area (Å²) < 4.78 is 1.43. The van der Waals surface area contributed by atoms with Crippen LogP contribution in [0.5, 0.6) is 0 Å². The monoisotopic (exact) mass is 623 g/mol. The van der Waals surface area contributed by atoms with E-state index in [4.69, 9.17) is 26.8 Å². The van der Waals surface area contributed by atoms with Crippen LogP contribution in [0.1, 0.15) is 55.4 Å². The second-order valence-electron chi connectivity index (χ2n) is 11.9. The van der Waals surface area contributed by atoms with Crippen LogP contribution in [0, 0.1) is 5.41 Å². The van der Waals surface area contributed by atoms with Gasteiger partial charge in [-0.2, -0.15) is 0 Å². The van der Waals surface area contributed by atoms with Crippen LogP contribution in [0.15, 0.2) is 34.6 Å². The van der Waals surface area contributed by atoms with Gasteiger partial charge in [0.25, 0.3) is 5.56 Å². The van der Waals surface area contributed by atoms with Gasteiger partial charge in [0.2, 0.25) is 5.91 Å². The average molecular weight is 624 g/mol. The van der Waals surface area contributed by atoms with Gasteiger partial charge in [0.1, 0.15) is 11.5 Å². The molecule has 1 amide bonds. The van der Waals surface area contributed by atoms with Crippen molar-refractivity contribution in [2.75, 3.05) is 37.6 Å². The number of nitrogens with one attached hydrogen (secondary N) is 2. The second-order valence-corrected chi connectivity index (χ2v) is 12.8. The molecule has 0 saturated carbocycles. The number of carboxylic acid groups (broad SMARTS) is 1. The van der Waals surface area contributed by atoms with Crippen LogP contribution in [0.4, 0.5) is 5.82 Å². The number of carboxylic acids is 1. The number of aryl methyl sites for hydroxylation is 2. The summed E-state index contributed by atoms with van der Waals surface area (Å²) in [6, 6.07) is 3.09. The Morgan fingerprint density at radius 2 is 1.93 bits per heavy atom. The molecule has 0 radical (unpaired) electrons. The zero-order valence-corrected chi connectivity index (χ0v) is 26.2. The standard InChI is InChI=1S/C30H41N9O4S/c1-30(2,3)22-18-44-24(35-22)8-6-19-10-12-39-23(17-19)36-26(20(27(39)42)7-9-25(40)41)37-13-15-38(16-14-37)28(43)21(31)5-4-11-34-29(32)33/h7,9-10,12,17-18,21H,4-6,8,11,13-16,31H2,1-3H3,(H,40,41)(H4,32,33,34)/b9-7+/t21-/m0/s1. The lowest BCUT2D eigenvalue weighted by atomic mass is 9.93. The van der Waals surface area contributed by atoms with Gasteiger partial charge in [0, 0.05) is 62.2 Å². The predicted molar refractivity (Wildman–Crippen MR) is 172 cm³/mol.